The van der Waals surface area contributed by atoms with E-state index in [0.717, 1.165) is 5.56 Å². The zero-order chi connectivity index (χ0) is 19.7. The molecule has 0 heterocycles. The van der Waals surface area contributed by atoms with Crippen molar-refractivity contribution < 1.29 is 23.9 Å². The van der Waals surface area contributed by atoms with Gasteiger partial charge < -0.3 is 20.1 Å². The summed E-state index contributed by atoms with van der Waals surface area (Å²) >= 11 is 0. The number of nitrogens with one attached hydrogen (secondary N) is 2. The quantitative estimate of drug-likeness (QED) is 0.599. The van der Waals surface area contributed by atoms with Gasteiger partial charge in [0.1, 0.15) is 11.6 Å². The van der Waals surface area contributed by atoms with Crippen molar-refractivity contribution in [1.82, 2.24) is 5.32 Å². The van der Waals surface area contributed by atoms with Crippen LogP contribution in [0.1, 0.15) is 40.2 Å². The molecule has 142 valence electrons. The molecule has 0 saturated carbocycles. The summed E-state index contributed by atoms with van der Waals surface area (Å²) in [6.07, 6.45) is 2.31. The predicted molar refractivity (Wildman–Crippen MR) is 99.6 cm³/mol. The lowest BCUT2D eigenvalue weighted by molar-refractivity contribution is -0.137. The highest BCUT2D eigenvalue weighted by atomic mass is 16.6. The molecular weight excluding hydrogens is 336 g/mol. The Morgan fingerprint density at radius 3 is 2.31 bits per heavy atom. The van der Waals surface area contributed by atoms with Gasteiger partial charge >= 0.3 is 12.1 Å². The second-order valence-electron chi connectivity index (χ2n) is 6.56. The first-order chi connectivity index (χ1) is 12.1. The lowest BCUT2D eigenvalue weighted by atomic mass is 10.2. The van der Waals surface area contributed by atoms with Gasteiger partial charge in [0.05, 0.1) is 6.61 Å². The molecule has 7 nitrogen and oxygen atoms in total. The highest BCUT2D eigenvalue weighted by Gasteiger charge is 2.21. The average molecular weight is 362 g/mol. The van der Waals surface area contributed by atoms with Crippen LogP contribution < -0.4 is 10.6 Å². The fourth-order valence-corrected chi connectivity index (χ4v) is 1.83. The van der Waals surface area contributed by atoms with Crippen LogP contribution in [0.25, 0.3) is 6.08 Å². The molecule has 26 heavy (non-hydrogen) atoms. The third-order valence-corrected chi connectivity index (χ3v) is 3.00. The normalized spacial score (nSPS) is 12.3. The Bertz CT molecular complexity index is 660. The van der Waals surface area contributed by atoms with Gasteiger partial charge in [0.15, 0.2) is 0 Å². The molecule has 0 aliphatic rings. The van der Waals surface area contributed by atoms with E-state index >= 15 is 0 Å². The SMILES string of the molecule is CCOC(=O)/C=C/c1ccc(NC(=O)[C@@H](C)NC(=O)OC(C)(C)C)cc1. The zero-order valence-corrected chi connectivity index (χ0v) is 15.8. The first-order valence-corrected chi connectivity index (χ1v) is 8.36. The minimum absolute atomic E-state index is 0.323. The number of carbonyl (C=O) groups excluding carboxylic acids is 3. The number of benzene rings is 1. The molecule has 0 aliphatic carbocycles. The van der Waals surface area contributed by atoms with Crippen molar-refractivity contribution >= 4 is 29.7 Å². The largest absolute Gasteiger partial charge is 0.463 e. The molecule has 0 bridgehead atoms. The summed E-state index contributed by atoms with van der Waals surface area (Å²) < 4.78 is 9.91. The molecular formula is C19H26N2O5. The van der Waals surface area contributed by atoms with E-state index in [1.165, 1.54) is 6.08 Å². The summed E-state index contributed by atoms with van der Waals surface area (Å²) in [5.74, 6) is -0.780. The molecule has 2 N–H and O–H groups in total. The summed E-state index contributed by atoms with van der Waals surface area (Å²) in [4.78, 5) is 35.1. The van der Waals surface area contributed by atoms with Crippen LogP contribution in [-0.2, 0) is 19.1 Å². The fraction of sp³-hybridized carbons (Fsp3) is 0.421. The van der Waals surface area contributed by atoms with Crippen LogP contribution in [0, 0.1) is 0 Å². The zero-order valence-electron chi connectivity index (χ0n) is 15.8. The Morgan fingerprint density at radius 1 is 1.15 bits per heavy atom. The van der Waals surface area contributed by atoms with E-state index in [1.807, 2.05) is 0 Å². The van der Waals surface area contributed by atoms with Crippen molar-refractivity contribution in [3.05, 3.63) is 35.9 Å². The molecule has 7 heteroatoms. The van der Waals surface area contributed by atoms with E-state index in [1.54, 1.807) is 65.0 Å². The van der Waals surface area contributed by atoms with E-state index in [0.29, 0.717) is 12.3 Å². The molecule has 0 aromatic heterocycles. The molecule has 0 unspecified atom stereocenters. The predicted octanol–water partition coefficient (Wildman–Crippen LogP) is 3.11. The summed E-state index contributed by atoms with van der Waals surface area (Å²) in [6, 6.07) is 6.13. The highest BCUT2D eigenvalue weighted by Crippen LogP contribution is 2.12. The average Bonchev–Trinajstić information content (AvgIpc) is 2.52. The van der Waals surface area contributed by atoms with Gasteiger partial charge in [-0.05, 0) is 58.4 Å². The number of hydrogen-bond acceptors (Lipinski definition) is 5. The highest BCUT2D eigenvalue weighted by molar-refractivity contribution is 5.96. The molecule has 0 radical (unpaired) electrons. The van der Waals surface area contributed by atoms with Crippen molar-refractivity contribution in [2.75, 3.05) is 11.9 Å². The fourth-order valence-electron chi connectivity index (χ4n) is 1.83. The Labute approximate surface area is 153 Å². The van der Waals surface area contributed by atoms with Crippen LogP contribution in [-0.4, -0.2) is 36.2 Å². The summed E-state index contributed by atoms with van der Waals surface area (Å²) in [5, 5.41) is 5.17. The first kappa shape index (κ1) is 21.2. The van der Waals surface area contributed by atoms with Gasteiger partial charge in [-0.15, -0.1) is 0 Å². The molecule has 2 amide bonds. The van der Waals surface area contributed by atoms with Crippen LogP contribution in [0.15, 0.2) is 30.3 Å². The van der Waals surface area contributed by atoms with Crippen LogP contribution in [0.3, 0.4) is 0 Å². The summed E-state index contributed by atoms with van der Waals surface area (Å²) in [5.41, 5.74) is 0.727. The maximum Gasteiger partial charge on any atom is 0.408 e. The summed E-state index contributed by atoms with van der Waals surface area (Å²) in [6.45, 7) is 8.86. The molecule has 0 aliphatic heterocycles. The van der Waals surface area contributed by atoms with Crippen molar-refractivity contribution in [2.45, 2.75) is 46.3 Å². The number of alkyl carbamates (subject to hydrolysis) is 1. The number of hydrogen-bond donors (Lipinski definition) is 2. The minimum atomic E-state index is -0.756. The maximum absolute atomic E-state index is 12.1. The third-order valence-electron chi connectivity index (χ3n) is 3.00. The van der Waals surface area contributed by atoms with Crippen molar-refractivity contribution in [3.63, 3.8) is 0 Å². The molecule has 1 aromatic rings. The molecule has 0 fully saturated rings. The molecule has 1 aromatic carbocycles. The number of amides is 2. The Balaban J connectivity index is 2.56. The smallest absolute Gasteiger partial charge is 0.408 e. The monoisotopic (exact) mass is 362 g/mol. The third kappa shape index (κ3) is 8.32. The standard InChI is InChI=1S/C19H26N2O5/c1-6-25-16(22)12-9-14-7-10-15(11-8-14)21-17(23)13(2)20-18(24)26-19(3,4)5/h7-13H,6H2,1-5H3,(H,20,24)(H,21,23)/b12-9+/t13-/m1/s1. The van der Waals surface area contributed by atoms with E-state index in [4.69, 9.17) is 9.47 Å². The van der Waals surface area contributed by atoms with Crippen molar-refractivity contribution in [2.24, 2.45) is 0 Å². The van der Waals surface area contributed by atoms with Gasteiger partial charge in [-0.2, -0.15) is 0 Å². The van der Waals surface area contributed by atoms with Gasteiger partial charge in [0.25, 0.3) is 0 Å². The van der Waals surface area contributed by atoms with E-state index < -0.39 is 23.7 Å². The van der Waals surface area contributed by atoms with Gasteiger partial charge in [-0.3, -0.25) is 4.79 Å². The second kappa shape index (κ2) is 9.60. The Morgan fingerprint density at radius 2 is 1.77 bits per heavy atom. The van der Waals surface area contributed by atoms with Gasteiger partial charge in [0.2, 0.25) is 5.91 Å². The van der Waals surface area contributed by atoms with Crippen molar-refractivity contribution in [3.8, 4) is 0 Å². The van der Waals surface area contributed by atoms with Gasteiger partial charge in [-0.1, -0.05) is 12.1 Å². The van der Waals surface area contributed by atoms with Gasteiger partial charge in [-0.25, -0.2) is 9.59 Å². The van der Waals surface area contributed by atoms with Crippen LogP contribution in [0.4, 0.5) is 10.5 Å². The molecule has 0 saturated heterocycles. The lowest BCUT2D eigenvalue weighted by Gasteiger charge is -2.21. The maximum atomic E-state index is 12.1. The van der Waals surface area contributed by atoms with Crippen LogP contribution >= 0.6 is 0 Å². The van der Waals surface area contributed by atoms with E-state index in [2.05, 4.69) is 10.6 Å². The summed E-state index contributed by atoms with van der Waals surface area (Å²) in [7, 11) is 0. The second-order valence-corrected chi connectivity index (χ2v) is 6.56. The number of anilines is 1. The Kier molecular flexibility index (Phi) is 7.83. The minimum Gasteiger partial charge on any atom is -0.463 e. The molecule has 1 rings (SSSR count). The Hall–Kier alpha value is -2.83. The van der Waals surface area contributed by atoms with Crippen LogP contribution in [0.5, 0.6) is 0 Å². The van der Waals surface area contributed by atoms with Crippen molar-refractivity contribution in [1.29, 1.82) is 0 Å². The van der Waals surface area contributed by atoms with Gasteiger partial charge in [0, 0.05) is 11.8 Å². The van der Waals surface area contributed by atoms with Crippen LogP contribution in [0.2, 0.25) is 0 Å². The number of rotatable bonds is 6. The molecule has 1 atom stereocenters. The first-order valence-electron chi connectivity index (χ1n) is 8.36. The lowest BCUT2D eigenvalue weighted by Crippen LogP contribution is -2.43. The van der Waals surface area contributed by atoms with E-state index in [-0.39, 0.29) is 5.91 Å². The topological polar surface area (TPSA) is 93.7 Å². The molecule has 0 spiro atoms. The number of ether oxygens (including phenoxy) is 2. The van der Waals surface area contributed by atoms with E-state index in [9.17, 15) is 14.4 Å². The number of carbonyl (C=O) groups is 3. The number of esters is 1.